The summed E-state index contributed by atoms with van der Waals surface area (Å²) in [6.45, 7) is 2.82. The first-order valence-electron chi connectivity index (χ1n) is 6.85. The van der Waals surface area contributed by atoms with Gasteiger partial charge in [-0.1, -0.05) is 29.3 Å². The lowest BCUT2D eigenvalue weighted by Gasteiger charge is -2.07. The number of anilines is 1. The Morgan fingerprint density at radius 1 is 1.29 bits per heavy atom. The molecule has 0 fully saturated rings. The van der Waals surface area contributed by atoms with E-state index in [9.17, 15) is 4.79 Å². The molecule has 0 bridgehead atoms. The van der Waals surface area contributed by atoms with Gasteiger partial charge in [0.25, 0.3) is 5.91 Å². The maximum Gasteiger partial charge on any atom is 0.256 e. The van der Waals surface area contributed by atoms with Crippen molar-refractivity contribution >= 4 is 27.7 Å². The molecule has 2 rings (SSSR count). The minimum atomic E-state index is -0.194. The van der Waals surface area contributed by atoms with Crippen LogP contribution < -0.4 is 10.1 Å². The van der Waals surface area contributed by atoms with Crippen molar-refractivity contribution in [3.05, 3.63) is 52.6 Å². The van der Waals surface area contributed by atoms with Gasteiger partial charge in [0.2, 0.25) is 0 Å². The first-order valence-corrected chi connectivity index (χ1v) is 7.64. The van der Waals surface area contributed by atoms with Gasteiger partial charge in [-0.25, -0.2) is 4.98 Å². The lowest BCUT2D eigenvalue weighted by atomic mass is 10.2. The highest BCUT2D eigenvalue weighted by Crippen LogP contribution is 2.16. The van der Waals surface area contributed by atoms with Gasteiger partial charge in [0.15, 0.2) is 0 Å². The van der Waals surface area contributed by atoms with E-state index in [1.807, 2.05) is 0 Å². The highest BCUT2D eigenvalue weighted by Gasteiger charge is 2.07. The summed E-state index contributed by atoms with van der Waals surface area (Å²) in [6, 6.07) is 10.7. The van der Waals surface area contributed by atoms with Crippen LogP contribution in [0.4, 0.5) is 5.82 Å². The van der Waals surface area contributed by atoms with Crippen molar-refractivity contribution in [3.63, 3.8) is 0 Å². The summed E-state index contributed by atoms with van der Waals surface area (Å²) in [7, 11) is 0. The van der Waals surface area contributed by atoms with Crippen molar-refractivity contribution in [1.29, 1.82) is 0 Å². The van der Waals surface area contributed by atoms with E-state index in [1.165, 1.54) is 0 Å². The zero-order valence-corrected chi connectivity index (χ0v) is 13.4. The average molecular weight is 349 g/mol. The lowest BCUT2D eigenvalue weighted by molar-refractivity contribution is 0.102. The number of aromatic nitrogens is 1. The quantitative estimate of drug-likeness (QED) is 0.792. The molecule has 0 atom stereocenters. The zero-order chi connectivity index (χ0) is 15.1. The van der Waals surface area contributed by atoms with Crippen LogP contribution in [0.25, 0.3) is 0 Å². The number of benzene rings is 1. The molecule has 1 amide bonds. The molecule has 0 spiro atoms. The number of unbranched alkanes of at least 4 members (excludes halogenated alkanes) is 1. The number of nitrogens with one attached hydrogen (secondary N) is 1. The molecule has 110 valence electrons. The molecule has 1 N–H and O–H groups in total. The monoisotopic (exact) mass is 348 g/mol. The van der Waals surface area contributed by atoms with Gasteiger partial charge in [0, 0.05) is 16.2 Å². The first-order chi connectivity index (χ1) is 10.2. The molecule has 0 unspecified atom stereocenters. The van der Waals surface area contributed by atoms with Crippen LogP contribution in [0.5, 0.6) is 5.75 Å². The molecule has 1 heterocycles. The molecule has 0 saturated carbocycles. The summed E-state index contributed by atoms with van der Waals surface area (Å²) >= 11 is 3.34. The molecule has 0 radical (unpaired) electrons. The highest BCUT2D eigenvalue weighted by molar-refractivity contribution is 9.10. The van der Waals surface area contributed by atoms with Gasteiger partial charge in [-0.05, 0) is 42.8 Å². The van der Waals surface area contributed by atoms with E-state index < -0.39 is 0 Å². The Kier molecular flexibility index (Phi) is 5.75. The number of halogens is 1. The standard InChI is InChI=1S/C16H17BrN2O2/c1-2-3-10-21-14-6-4-12(5-7-14)16(20)19-15-11-13(17)8-9-18-15/h4-9,11H,2-3,10H2,1H3,(H,18,19,20). The van der Waals surface area contributed by atoms with Crippen LogP contribution in [-0.2, 0) is 0 Å². The van der Waals surface area contributed by atoms with Gasteiger partial charge in [-0.3, -0.25) is 4.79 Å². The number of nitrogens with zero attached hydrogens (tertiary/aromatic N) is 1. The van der Waals surface area contributed by atoms with E-state index >= 15 is 0 Å². The summed E-state index contributed by atoms with van der Waals surface area (Å²) < 4.78 is 6.43. The molecular formula is C16H17BrN2O2. The summed E-state index contributed by atoms with van der Waals surface area (Å²) in [4.78, 5) is 16.2. The number of carbonyl (C=O) groups is 1. The van der Waals surface area contributed by atoms with Crippen molar-refractivity contribution in [2.24, 2.45) is 0 Å². The Labute approximate surface area is 132 Å². The SMILES string of the molecule is CCCCOc1ccc(C(=O)Nc2cc(Br)ccn2)cc1. The second kappa shape index (κ2) is 7.78. The molecule has 1 aromatic heterocycles. The Morgan fingerprint density at radius 3 is 2.71 bits per heavy atom. The number of ether oxygens (including phenoxy) is 1. The maximum absolute atomic E-state index is 12.1. The number of carbonyl (C=O) groups excluding carboxylic acids is 1. The Bertz CT molecular complexity index is 599. The fourth-order valence-electron chi connectivity index (χ4n) is 1.70. The summed E-state index contributed by atoms with van der Waals surface area (Å²) in [5.74, 6) is 1.10. The Morgan fingerprint density at radius 2 is 2.05 bits per heavy atom. The van der Waals surface area contributed by atoms with Crippen molar-refractivity contribution in [2.75, 3.05) is 11.9 Å². The van der Waals surface area contributed by atoms with Gasteiger partial charge in [0.1, 0.15) is 11.6 Å². The van der Waals surface area contributed by atoms with E-state index in [4.69, 9.17) is 4.74 Å². The predicted octanol–water partition coefficient (Wildman–Crippen LogP) is 4.28. The molecular weight excluding hydrogens is 332 g/mol. The molecule has 0 aliphatic carbocycles. The van der Waals surface area contributed by atoms with Gasteiger partial charge in [-0.15, -0.1) is 0 Å². The van der Waals surface area contributed by atoms with E-state index in [-0.39, 0.29) is 5.91 Å². The van der Waals surface area contributed by atoms with Crippen LogP contribution >= 0.6 is 15.9 Å². The fourth-order valence-corrected chi connectivity index (χ4v) is 2.03. The number of rotatable bonds is 6. The lowest BCUT2D eigenvalue weighted by Crippen LogP contribution is -2.12. The Hall–Kier alpha value is -1.88. The second-order valence-corrected chi connectivity index (χ2v) is 5.46. The number of amides is 1. The summed E-state index contributed by atoms with van der Waals surface area (Å²) in [5, 5.41) is 2.75. The molecule has 0 saturated heterocycles. The smallest absolute Gasteiger partial charge is 0.256 e. The van der Waals surface area contributed by atoms with E-state index in [1.54, 1.807) is 42.6 Å². The van der Waals surface area contributed by atoms with Crippen LogP contribution in [0.3, 0.4) is 0 Å². The van der Waals surface area contributed by atoms with E-state index in [2.05, 4.69) is 33.2 Å². The summed E-state index contributed by atoms with van der Waals surface area (Å²) in [5.41, 5.74) is 0.569. The van der Waals surface area contributed by atoms with Gasteiger partial charge in [0.05, 0.1) is 6.61 Å². The van der Waals surface area contributed by atoms with Gasteiger partial charge >= 0.3 is 0 Å². The number of pyridine rings is 1. The van der Waals surface area contributed by atoms with Crippen LogP contribution in [0.1, 0.15) is 30.1 Å². The van der Waals surface area contributed by atoms with Gasteiger partial charge in [-0.2, -0.15) is 0 Å². The predicted molar refractivity (Wildman–Crippen MR) is 86.7 cm³/mol. The van der Waals surface area contributed by atoms with Crippen molar-refractivity contribution in [1.82, 2.24) is 4.98 Å². The van der Waals surface area contributed by atoms with Crippen LogP contribution in [0.2, 0.25) is 0 Å². The van der Waals surface area contributed by atoms with Crippen LogP contribution in [-0.4, -0.2) is 17.5 Å². The normalized spacial score (nSPS) is 10.2. The van der Waals surface area contributed by atoms with Crippen LogP contribution in [0.15, 0.2) is 47.1 Å². The second-order valence-electron chi connectivity index (χ2n) is 4.54. The van der Waals surface area contributed by atoms with E-state index in [0.717, 1.165) is 23.1 Å². The third kappa shape index (κ3) is 4.86. The van der Waals surface area contributed by atoms with Crippen molar-refractivity contribution in [2.45, 2.75) is 19.8 Å². The van der Waals surface area contributed by atoms with E-state index in [0.29, 0.717) is 18.0 Å². The van der Waals surface area contributed by atoms with Crippen LogP contribution in [0, 0.1) is 0 Å². The van der Waals surface area contributed by atoms with Crippen molar-refractivity contribution in [3.8, 4) is 5.75 Å². The average Bonchev–Trinajstić information content (AvgIpc) is 2.48. The number of hydrogen-bond acceptors (Lipinski definition) is 3. The molecule has 5 heteroatoms. The largest absolute Gasteiger partial charge is 0.494 e. The summed E-state index contributed by atoms with van der Waals surface area (Å²) in [6.07, 6.45) is 3.75. The minimum Gasteiger partial charge on any atom is -0.494 e. The van der Waals surface area contributed by atoms with Gasteiger partial charge < -0.3 is 10.1 Å². The topological polar surface area (TPSA) is 51.2 Å². The highest BCUT2D eigenvalue weighted by atomic mass is 79.9. The Balaban J connectivity index is 1.96. The molecule has 0 aliphatic rings. The minimum absolute atomic E-state index is 0.194. The molecule has 1 aromatic carbocycles. The first kappa shape index (κ1) is 15.5. The third-order valence-electron chi connectivity index (χ3n) is 2.85. The van der Waals surface area contributed by atoms with Crippen molar-refractivity contribution < 1.29 is 9.53 Å². The third-order valence-corrected chi connectivity index (χ3v) is 3.34. The zero-order valence-electron chi connectivity index (χ0n) is 11.8. The fraction of sp³-hybridized carbons (Fsp3) is 0.250. The maximum atomic E-state index is 12.1. The number of hydrogen-bond donors (Lipinski definition) is 1. The molecule has 2 aromatic rings. The molecule has 21 heavy (non-hydrogen) atoms. The molecule has 0 aliphatic heterocycles. The molecule has 4 nitrogen and oxygen atoms in total.